The minimum Gasteiger partial charge on any atom is -0.497 e. The van der Waals surface area contributed by atoms with Crippen LogP contribution in [0.5, 0.6) is 11.6 Å². The molecule has 0 bridgehead atoms. The summed E-state index contributed by atoms with van der Waals surface area (Å²) < 4.78 is 9.93. The zero-order valence-corrected chi connectivity index (χ0v) is 17.6. The third-order valence-electron chi connectivity index (χ3n) is 5.85. The Balaban J connectivity index is 1.44. The summed E-state index contributed by atoms with van der Waals surface area (Å²) in [7, 11) is 1.62. The number of nitrogens with one attached hydrogen (secondary N) is 1. The van der Waals surface area contributed by atoms with Crippen molar-refractivity contribution in [3.63, 3.8) is 0 Å². The second kappa shape index (κ2) is 9.01. The van der Waals surface area contributed by atoms with E-state index < -0.39 is 6.16 Å². The number of aromatic nitrogens is 1. The Morgan fingerprint density at radius 3 is 2.75 bits per heavy atom. The van der Waals surface area contributed by atoms with E-state index in [0.717, 1.165) is 36.3 Å². The standard InChI is InChI=1S/C22H23N5O5/c1-31-17-2-3-18-14(10-17)4-9-27(21(28)25-18)16-5-7-26(8-6-16)19-11-20(32-22(29)30)24-13-15(19)12-23/h2-3,10-11,13,16H,4-9H2,1H3,(H,25,28)(H,29,30). The van der Waals surface area contributed by atoms with E-state index in [1.54, 1.807) is 7.11 Å². The third-order valence-corrected chi connectivity index (χ3v) is 5.85. The smallest absolute Gasteiger partial charge is 0.497 e. The van der Waals surface area contributed by atoms with Crippen molar-refractivity contribution in [3.8, 4) is 17.7 Å². The molecule has 166 valence electrons. The Bertz CT molecular complexity index is 1070. The number of hydrogen-bond donors (Lipinski definition) is 2. The molecule has 2 aliphatic rings. The number of nitrogens with zero attached hydrogens (tertiary/aromatic N) is 4. The molecule has 1 aromatic carbocycles. The second-order valence-electron chi connectivity index (χ2n) is 7.63. The van der Waals surface area contributed by atoms with Crippen LogP contribution in [-0.2, 0) is 6.42 Å². The Morgan fingerprint density at radius 2 is 2.06 bits per heavy atom. The van der Waals surface area contributed by atoms with E-state index in [9.17, 15) is 14.9 Å². The fourth-order valence-electron chi connectivity index (χ4n) is 4.24. The van der Waals surface area contributed by atoms with Gasteiger partial charge in [0.2, 0.25) is 5.88 Å². The molecule has 2 N–H and O–H groups in total. The molecule has 2 aliphatic heterocycles. The number of urea groups is 1. The number of piperidine rings is 1. The first kappa shape index (κ1) is 21.2. The van der Waals surface area contributed by atoms with Gasteiger partial charge in [-0.15, -0.1) is 0 Å². The summed E-state index contributed by atoms with van der Waals surface area (Å²) in [5, 5.41) is 21.2. The van der Waals surface area contributed by atoms with Crippen LogP contribution in [0, 0.1) is 11.3 Å². The first-order chi connectivity index (χ1) is 15.5. The van der Waals surface area contributed by atoms with Gasteiger partial charge in [-0.25, -0.2) is 14.6 Å². The SMILES string of the molecule is COc1ccc2c(c1)CCN(C1CCN(c3cc(OC(=O)O)ncc3C#N)CC1)C(=O)N2. The maximum atomic E-state index is 12.9. The average molecular weight is 437 g/mol. The Hall–Kier alpha value is -4.00. The molecule has 2 amide bonds. The molecule has 0 spiro atoms. The van der Waals surface area contributed by atoms with E-state index in [1.807, 2.05) is 28.0 Å². The van der Waals surface area contributed by atoms with Gasteiger partial charge in [0.25, 0.3) is 0 Å². The quantitative estimate of drug-likeness (QED) is 0.699. The Kier molecular flexibility index (Phi) is 5.98. The van der Waals surface area contributed by atoms with Gasteiger partial charge in [0.05, 0.1) is 24.6 Å². The Morgan fingerprint density at radius 1 is 1.28 bits per heavy atom. The number of fused-ring (bicyclic) bond motifs is 1. The summed E-state index contributed by atoms with van der Waals surface area (Å²) in [4.78, 5) is 31.4. The molecule has 0 radical (unpaired) electrons. The van der Waals surface area contributed by atoms with E-state index in [-0.39, 0.29) is 18.0 Å². The summed E-state index contributed by atoms with van der Waals surface area (Å²) in [6.45, 7) is 1.83. The molecule has 32 heavy (non-hydrogen) atoms. The first-order valence-electron chi connectivity index (χ1n) is 10.3. The molecule has 0 saturated carbocycles. The van der Waals surface area contributed by atoms with Crippen molar-refractivity contribution in [2.75, 3.05) is 37.0 Å². The van der Waals surface area contributed by atoms with E-state index in [0.29, 0.717) is 30.9 Å². The van der Waals surface area contributed by atoms with Gasteiger partial charge in [-0.2, -0.15) is 5.26 Å². The summed E-state index contributed by atoms with van der Waals surface area (Å²) in [5.74, 6) is 0.686. The van der Waals surface area contributed by atoms with Crippen LogP contribution < -0.4 is 19.7 Å². The van der Waals surface area contributed by atoms with Crippen LogP contribution in [0.4, 0.5) is 21.0 Å². The zero-order valence-electron chi connectivity index (χ0n) is 17.6. The van der Waals surface area contributed by atoms with Gasteiger partial charge in [-0.05, 0) is 43.0 Å². The van der Waals surface area contributed by atoms with Crippen molar-refractivity contribution in [2.45, 2.75) is 25.3 Å². The fraction of sp³-hybridized carbons (Fsp3) is 0.364. The Labute approximate surface area is 185 Å². The highest BCUT2D eigenvalue weighted by atomic mass is 16.7. The lowest BCUT2D eigenvalue weighted by Crippen LogP contribution is -2.49. The van der Waals surface area contributed by atoms with Gasteiger partial charge in [-0.1, -0.05) is 0 Å². The van der Waals surface area contributed by atoms with Crippen molar-refractivity contribution in [3.05, 3.63) is 41.6 Å². The predicted octanol–water partition coefficient (Wildman–Crippen LogP) is 3.08. The number of methoxy groups -OCH3 is 1. The highest BCUT2D eigenvalue weighted by molar-refractivity contribution is 5.91. The minimum absolute atomic E-state index is 0.0598. The lowest BCUT2D eigenvalue weighted by Gasteiger charge is -2.39. The number of carboxylic acid groups (broad SMARTS) is 1. The van der Waals surface area contributed by atoms with Crippen molar-refractivity contribution < 1.29 is 24.2 Å². The van der Waals surface area contributed by atoms with Crippen LogP contribution in [0.3, 0.4) is 0 Å². The van der Waals surface area contributed by atoms with Crippen molar-refractivity contribution in [1.29, 1.82) is 5.26 Å². The molecule has 2 aromatic rings. The molecule has 10 nitrogen and oxygen atoms in total. The minimum atomic E-state index is -1.46. The number of amides is 2. The van der Waals surface area contributed by atoms with Crippen molar-refractivity contribution >= 4 is 23.6 Å². The molecular formula is C22H23N5O5. The van der Waals surface area contributed by atoms with Gasteiger partial charge < -0.3 is 29.7 Å². The molecule has 0 aliphatic carbocycles. The summed E-state index contributed by atoms with van der Waals surface area (Å²) in [6, 6.07) is 9.14. The number of nitriles is 1. The molecule has 0 unspecified atom stereocenters. The number of carbonyl (C=O) groups is 2. The molecular weight excluding hydrogens is 414 g/mol. The highest BCUT2D eigenvalue weighted by Gasteiger charge is 2.31. The summed E-state index contributed by atoms with van der Waals surface area (Å²) >= 11 is 0. The maximum Gasteiger partial charge on any atom is 0.512 e. The predicted molar refractivity (Wildman–Crippen MR) is 115 cm³/mol. The molecule has 0 atom stereocenters. The summed E-state index contributed by atoms with van der Waals surface area (Å²) in [5.41, 5.74) is 2.77. The van der Waals surface area contributed by atoms with Gasteiger partial charge in [0, 0.05) is 37.4 Å². The number of ether oxygens (including phenoxy) is 2. The van der Waals surface area contributed by atoms with Crippen LogP contribution in [0.15, 0.2) is 30.5 Å². The van der Waals surface area contributed by atoms with Gasteiger partial charge in [0.15, 0.2) is 0 Å². The number of hydrogen-bond acceptors (Lipinski definition) is 7. The third kappa shape index (κ3) is 4.37. The average Bonchev–Trinajstić information content (AvgIpc) is 2.96. The molecule has 3 heterocycles. The van der Waals surface area contributed by atoms with Crippen molar-refractivity contribution in [1.82, 2.24) is 9.88 Å². The molecule has 1 aromatic heterocycles. The summed E-state index contributed by atoms with van der Waals surface area (Å²) in [6.07, 6.45) is 2.01. The lowest BCUT2D eigenvalue weighted by atomic mass is 10.0. The largest absolute Gasteiger partial charge is 0.512 e. The van der Waals surface area contributed by atoms with E-state index in [1.165, 1.54) is 12.3 Å². The maximum absolute atomic E-state index is 12.9. The topological polar surface area (TPSA) is 128 Å². The van der Waals surface area contributed by atoms with Crippen molar-refractivity contribution in [2.24, 2.45) is 0 Å². The molecule has 1 saturated heterocycles. The monoisotopic (exact) mass is 437 g/mol. The fourth-order valence-corrected chi connectivity index (χ4v) is 4.24. The van der Waals surface area contributed by atoms with E-state index in [2.05, 4.69) is 21.1 Å². The number of rotatable bonds is 4. The van der Waals surface area contributed by atoms with Crippen LogP contribution in [0.25, 0.3) is 0 Å². The van der Waals surface area contributed by atoms with Crippen LogP contribution in [-0.4, -0.2) is 60.0 Å². The van der Waals surface area contributed by atoms with Crippen LogP contribution in [0.2, 0.25) is 0 Å². The first-order valence-corrected chi connectivity index (χ1v) is 10.3. The number of benzene rings is 1. The number of anilines is 2. The zero-order chi connectivity index (χ0) is 22.7. The highest BCUT2D eigenvalue weighted by Crippen LogP contribution is 2.30. The second-order valence-corrected chi connectivity index (χ2v) is 7.63. The van der Waals surface area contributed by atoms with Crippen LogP contribution in [0.1, 0.15) is 24.0 Å². The van der Waals surface area contributed by atoms with E-state index >= 15 is 0 Å². The molecule has 4 rings (SSSR count). The lowest BCUT2D eigenvalue weighted by molar-refractivity contribution is 0.142. The number of carbonyl (C=O) groups excluding carboxylic acids is 1. The number of pyridine rings is 1. The van der Waals surface area contributed by atoms with E-state index in [4.69, 9.17) is 9.84 Å². The molecule has 10 heteroatoms. The molecule has 1 fully saturated rings. The van der Waals surface area contributed by atoms with Gasteiger partial charge in [0.1, 0.15) is 11.8 Å². The van der Waals surface area contributed by atoms with Crippen LogP contribution >= 0.6 is 0 Å². The van der Waals surface area contributed by atoms with Gasteiger partial charge >= 0.3 is 12.2 Å². The van der Waals surface area contributed by atoms with Gasteiger partial charge in [-0.3, -0.25) is 0 Å². The normalized spacial score (nSPS) is 16.4.